The monoisotopic (exact) mass is 315 g/mol. The van der Waals surface area contributed by atoms with Crippen molar-refractivity contribution in [1.29, 1.82) is 0 Å². The topological polar surface area (TPSA) is 82.7 Å². The minimum Gasteiger partial charge on any atom is -0.368 e. The van der Waals surface area contributed by atoms with Crippen molar-refractivity contribution in [2.24, 2.45) is 0 Å². The molecule has 0 aliphatic rings. The Labute approximate surface area is 137 Å². The highest BCUT2D eigenvalue weighted by Gasteiger charge is 2.08. The van der Waals surface area contributed by atoms with Gasteiger partial charge in [0.25, 0.3) is 5.91 Å². The highest BCUT2D eigenvalue weighted by atomic mass is 16.1. The Morgan fingerprint density at radius 1 is 1.26 bits per heavy atom. The van der Waals surface area contributed by atoms with Crippen LogP contribution in [0.15, 0.2) is 18.3 Å². The number of unbranched alkanes of at least 4 members (excludes halogenated alkanes) is 1. The van der Waals surface area contributed by atoms with Crippen molar-refractivity contribution in [3.8, 4) is 0 Å². The van der Waals surface area contributed by atoms with Crippen molar-refractivity contribution >= 4 is 11.7 Å². The van der Waals surface area contributed by atoms with Crippen LogP contribution in [0.4, 0.5) is 5.82 Å². The summed E-state index contributed by atoms with van der Waals surface area (Å²) in [5.74, 6) is 1.63. The van der Waals surface area contributed by atoms with Gasteiger partial charge in [-0.25, -0.2) is 9.97 Å². The Balaban J connectivity index is 1.81. The predicted octanol–water partition coefficient (Wildman–Crippen LogP) is 2.61. The number of nitrogens with one attached hydrogen (secondary N) is 3. The molecule has 0 aromatic carbocycles. The molecule has 2 aromatic rings. The molecular formula is C17H25N5O. The molecule has 0 aliphatic heterocycles. The second kappa shape index (κ2) is 8.31. The molecular weight excluding hydrogens is 290 g/mol. The van der Waals surface area contributed by atoms with E-state index < -0.39 is 0 Å². The molecule has 1 amide bonds. The van der Waals surface area contributed by atoms with Gasteiger partial charge in [-0.05, 0) is 26.3 Å². The summed E-state index contributed by atoms with van der Waals surface area (Å²) < 4.78 is 0. The van der Waals surface area contributed by atoms with Gasteiger partial charge in [-0.15, -0.1) is 0 Å². The van der Waals surface area contributed by atoms with Gasteiger partial charge in [-0.2, -0.15) is 0 Å². The third-order valence-electron chi connectivity index (χ3n) is 3.57. The fraction of sp³-hybridized carbons (Fsp3) is 0.471. The molecule has 124 valence electrons. The first-order valence-corrected chi connectivity index (χ1v) is 8.10. The van der Waals surface area contributed by atoms with Crippen molar-refractivity contribution in [1.82, 2.24) is 20.3 Å². The van der Waals surface area contributed by atoms with E-state index in [1.54, 1.807) is 12.3 Å². The van der Waals surface area contributed by atoms with Crippen LogP contribution in [0, 0.1) is 13.8 Å². The zero-order valence-electron chi connectivity index (χ0n) is 14.1. The molecule has 0 aliphatic carbocycles. The summed E-state index contributed by atoms with van der Waals surface area (Å²) in [6.07, 6.45) is 4.89. The Morgan fingerprint density at radius 3 is 2.78 bits per heavy atom. The van der Waals surface area contributed by atoms with Gasteiger partial charge in [0, 0.05) is 43.2 Å². The van der Waals surface area contributed by atoms with Crippen molar-refractivity contribution < 1.29 is 4.79 Å². The van der Waals surface area contributed by atoms with E-state index in [4.69, 9.17) is 0 Å². The van der Waals surface area contributed by atoms with Gasteiger partial charge in [0.15, 0.2) is 0 Å². The van der Waals surface area contributed by atoms with E-state index in [0.29, 0.717) is 18.7 Å². The molecule has 0 unspecified atom stereocenters. The van der Waals surface area contributed by atoms with E-state index in [1.165, 1.54) is 0 Å². The molecule has 2 heterocycles. The Hall–Kier alpha value is -2.37. The van der Waals surface area contributed by atoms with Gasteiger partial charge in [-0.3, -0.25) is 4.79 Å². The molecule has 2 aromatic heterocycles. The molecule has 6 heteroatoms. The molecule has 0 bridgehead atoms. The summed E-state index contributed by atoms with van der Waals surface area (Å²) in [7, 11) is 0. The SMILES string of the molecule is CCCCc1nc(C)cc(NCCNC(=O)c2cc[nH]c2C)n1. The number of aromatic amines is 1. The summed E-state index contributed by atoms with van der Waals surface area (Å²) in [6, 6.07) is 3.71. The number of carbonyl (C=O) groups excluding carboxylic acids is 1. The smallest absolute Gasteiger partial charge is 0.253 e. The van der Waals surface area contributed by atoms with Gasteiger partial charge < -0.3 is 15.6 Å². The number of hydrogen-bond donors (Lipinski definition) is 3. The number of aryl methyl sites for hydroxylation is 3. The quantitative estimate of drug-likeness (QED) is 0.654. The number of hydrogen-bond acceptors (Lipinski definition) is 4. The highest BCUT2D eigenvalue weighted by molar-refractivity contribution is 5.95. The third-order valence-corrected chi connectivity index (χ3v) is 3.57. The maximum absolute atomic E-state index is 12.0. The number of carbonyl (C=O) groups is 1. The second-order valence-corrected chi connectivity index (χ2v) is 5.61. The molecule has 2 rings (SSSR count). The second-order valence-electron chi connectivity index (χ2n) is 5.61. The van der Waals surface area contributed by atoms with E-state index in [9.17, 15) is 4.79 Å². The predicted molar refractivity (Wildman–Crippen MR) is 91.7 cm³/mol. The van der Waals surface area contributed by atoms with E-state index >= 15 is 0 Å². The maximum atomic E-state index is 12.0. The van der Waals surface area contributed by atoms with Gasteiger partial charge in [-0.1, -0.05) is 13.3 Å². The normalized spacial score (nSPS) is 10.6. The van der Waals surface area contributed by atoms with E-state index in [1.807, 2.05) is 19.9 Å². The fourth-order valence-corrected chi connectivity index (χ4v) is 2.33. The number of aromatic nitrogens is 3. The molecule has 0 fully saturated rings. The van der Waals surface area contributed by atoms with Gasteiger partial charge in [0.05, 0.1) is 5.56 Å². The van der Waals surface area contributed by atoms with Crippen molar-refractivity contribution in [3.05, 3.63) is 41.1 Å². The molecule has 0 spiro atoms. The minimum absolute atomic E-state index is 0.0620. The van der Waals surface area contributed by atoms with Gasteiger partial charge in [0.2, 0.25) is 0 Å². The van der Waals surface area contributed by atoms with Crippen LogP contribution in [0.2, 0.25) is 0 Å². The largest absolute Gasteiger partial charge is 0.368 e. The first-order valence-electron chi connectivity index (χ1n) is 8.10. The van der Waals surface area contributed by atoms with Crippen LogP contribution >= 0.6 is 0 Å². The summed E-state index contributed by atoms with van der Waals surface area (Å²) >= 11 is 0. The first kappa shape index (κ1) is 17.0. The number of anilines is 1. The zero-order chi connectivity index (χ0) is 16.7. The van der Waals surface area contributed by atoms with Crippen LogP contribution in [-0.4, -0.2) is 33.9 Å². The molecule has 0 saturated heterocycles. The van der Waals surface area contributed by atoms with Crippen molar-refractivity contribution in [3.63, 3.8) is 0 Å². The summed E-state index contributed by atoms with van der Waals surface area (Å²) in [4.78, 5) is 23.9. The number of H-pyrrole nitrogens is 1. The summed E-state index contributed by atoms with van der Waals surface area (Å²) in [5, 5.41) is 6.14. The number of nitrogens with zero attached hydrogens (tertiary/aromatic N) is 2. The lowest BCUT2D eigenvalue weighted by Crippen LogP contribution is -2.29. The number of amides is 1. The van der Waals surface area contributed by atoms with Crippen LogP contribution in [0.3, 0.4) is 0 Å². The standard InChI is InChI=1S/C17H25N5O/c1-4-5-6-15-21-12(2)11-16(22-15)19-9-10-20-17(23)14-7-8-18-13(14)3/h7-8,11,18H,4-6,9-10H2,1-3H3,(H,20,23)(H,19,21,22). The van der Waals surface area contributed by atoms with Gasteiger partial charge in [0.1, 0.15) is 11.6 Å². The van der Waals surface area contributed by atoms with Gasteiger partial charge >= 0.3 is 0 Å². The van der Waals surface area contributed by atoms with Crippen LogP contribution in [-0.2, 0) is 6.42 Å². The summed E-state index contributed by atoms with van der Waals surface area (Å²) in [6.45, 7) is 7.17. The molecule has 23 heavy (non-hydrogen) atoms. The molecule has 0 atom stereocenters. The maximum Gasteiger partial charge on any atom is 0.253 e. The van der Waals surface area contributed by atoms with E-state index in [-0.39, 0.29) is 5.91 Å². The van der Waals surface area contributed by atoms with E-state index in [0.717, 1.165) is 42.3 Å². The first-order chi connectivity index (χ1) is 11.1. The average molecular weight is 315 g/mol. The van der Waals surface area contributed by atoms with Crippen molar-refractivity contribution in [2.75, 3.05) is 18.4 Å². The molecule has 6 nitrogen and oxygen atoms in total. The summed E-state index contributed by atoms with van der Waals surface area (Å²) in [5.41, 5.74) is 2.52. The Kier molecular flexibility index (Phi) is 6.14. The molecule has 0 radical (unpaired) electrons. The Morgan fingerprint density at radius 2 is 2.09 bits per heavy atom. The lowest BCUT2D eigenvalue weighted by molar-refractivity contribution is 0.0954. The van der Waals surface area contributed by atoms with Crippen LogP contribution in [0.1, 0.15) is 47.3 Å². The highest BCUT2D eigenvalue weighted by Crippen LogP contribution is 2.08. The minimum atomic E-state index is -0.0620. The number of rotatable bonds is 8. The lowest BCUT2D eigenvalue weighted by Gasteiger charge is -2.09. The average Bonchev–Trinajstić information content (AvgIpc) is 2.95. The van der Waals surface area contributed by atoms with E-state index in [2.05, 4.69) is 32.5 Å². The molecule has 3 N–H and O–H groups in total. The zero-order valence-corrected chi connectivity index (χ0v) is 14.1. The fourth-order valence-electron chi connectivity index (χ4n) is 2.33. The lowest BCUT2D eigenvalue weighted by atomic mass is 10.2. The third kappa shape index (κ3) is 5.09. The van der Waals surface area contributed by atoms with Crippen LogP contribution in [0.5, 0.6) is 0 Å². The Bertz CT molecular complexity index is 650. The van der Waals surface area contributed by atoms with Crippen molar-refractivity contribution in [2.45, 2.75) is 40.0 Å². The van der Waals surface area contributed by atoms with Crippen LogP contribution < -0.4 is 10.6 Å². The molecule has 0 saturated carbocycles. The van der Waals surface area contributed by atoms with Crippen LogP contribution in [0.25, 0.3) is 0 Å².